The zero-order valence-electron chi connectivity index (χ0n) is 23.9. The van der Waals surface area contributed by atoms with Gasteiger partial charge >= 0.3 is 6.18 Å². The highest BCUT2D eigenvalue weighted by Crippen LogP contribution is 2.31. The molecule has 0 aliphatic carbocycles. The molecule has 1 saturated heterocycles. The molecule has 0 spiro atoms. The Morgan fingerprint density at radius 1 is 0.953 bits per heavy atom. The Morgan fingerprint density at radius 3 is 2.42 bits per heavy atom. The summed E-state index contributed by atoms with van der Waals surface area (Å²) in [5.74, 6) is 0.937. The predicted octanol–water partition coefficient (Wildman–Crippen LogP) is 6.51. The van der Waals surface area contributed by atoms with Crippen LogP contribution >= 0.6 is 11.8 Å². The van der Waals surface area contributed by atoms with Crippen LogP contribution in [0.15, 0.2) is 84.0 Å². The largest absolute Gasteiger partial charge is 0.416 e. The normalized spacial score (nSPS) is 15.5. The van der Waals surface area contributed by atoms with Gasteiger partial charge < -0.3 is 9.80 Å². The maximum absolute atomic E-state index is 13.1. The standard InChI is InChI=1S/C32H32F3N5O2S/c1-22-10-6-7-15-27(22)40-29(24-11-4-3-5-12-24)36-37-31(40)43-19-9-16-28(41)38-17-18-39(23(2)21-38)30(42)25-13-8-14-26(20-25)32(33,34)35/h3-8,10-15,20,23H,9,16-19,21H2,1-2H3. The Bertz CT molecular complexity index is 1590. The first-order valence-corrected chi connectivity index (χ1v) is 15.1. The average Bonchev–Trinajstić information content (AvgIpc) is 3.42. The van der Waals surface area contributed by atoms with Gasteiger partial charge in [-0.3, -0.25) is 14.2 Å². The number of halogens is 3. The number of hydrogen-bond acceptors (Lipinski definition) is 5. The summed E-state index contributed by atoms with van der Waals surface area (Å²) in [5, 5.41) is 9.71. The van der Waals surface area contributed by atoms with Crippen LogP contribution in [0.1, 0.15) is 41.3 Å². The molecule has 1 atom stereocenters. The lowest BCUT2D eigenvalue weighted by Crippen LogP contribution is -2.55. The molecule has 11 heteroatoms. The molecule has 5 rings (SSSR count). The molecule has 0 N–H and O–H groups in total. The van der Waals surface area contributed by atoms with Crippen molar-refractivity contribution in [3.05, 3.63) is 95.6 Å². The van der Waals surface area contributed by atoms with Crippen molar-refractivity contribution in [2.45, 2.75) is 44.1 Å². The van der Waals surface area contributed by atoms with Gasteiger partial charge in [0.25, 0.3) is 5.91 Å². The molecule has 1 aliphatic rings. The van der Waals surface area contributed by atoms with Crippen molar-refractivity contribution < 1.29 is 22.8 Å². The van der Waals surface area contributed by atoms with Crippen molar-refractivity contribution >= 4 is 23.6 Å². The third-order valence-electron chi connectivity index (χ3n) is 7.47. The minimum absolute atomic E-state index is 0.00700. The zero-order chi connectivity index (χ0) is 30.6. The molecule has 2 heterocycles. The first-order chi connectivity index (χ1) is 20.6. The lowest BCUT2D eigenvalue weighted by molar-refractivity contribution is -0.137. The summed E-state index contributed by atoms with van der Waals surface area (Å²) >= 11 is 1.55. The van der Waals surface area contributed by atoms with Crippen LogP contribution in [0, 0.1) is 6.92 Å². The maximum Gasteiger partial charge on any atom is 0.416 e. The van der Waals surface area contributed by atoms with Gasteiger partial charge in [-0.1, -0.05) is 66.4 Å². The number of carbonyl (C=O) groups is 2. The number of piperazine rings is 1. The number of benzene rings is 3. The van der Waals surface area contributed by atoms with Crippen LogP contribution in [0.25, 0.3) is 17.1 Å². The molecular weight excluding hydrogens is 575 g/mol. The molecule has 2 amide bonds. The van der Waals surface area contributed by atoms with E-state index in [0.29, 0.717) is 31.7 Å². The van der Waals surface area contributed by atoms with E-state index in [2.05, 4.69) is 14.8 Å². The first kappa shape index (κ1) is 30.3. The molecule has 1 aliphatic heterocycles. The minimum Gasteiger partial charge on any atom is -0.339 e. The van der Waals surface area contributed by atoms with E-state index in [-0.39, 0.29) is 24.1 Å². The number of rotatable bonds is 8. The average molecular weight is 608 g/mol. The number of amides is 2. The van der Waals surface area contributed by atoms with E-state index in [1.165, 1.54) is 17.0 Å². The molecule has 3 aromatic carbocycles. The third-order valence-corrected chi connectivity index (χ3v) is 8.48. The molecule has 1 unspecified atom stereocenters. The number of aryl methyl sites for hydroxylation is 1. The lowest BCUT2D eigenvalue weighted by atomic mass is 10.1. The van der Waals surface area contributed by atoms with Crippen LogP contribution in [-0.2, 0) is 11.0 Å². The number of hydrogen-bond donors (Lipinski definition) is 0. The molecule has 1 aromatic heterocycles. The molecule has 43 heavy (non-hydrogen) atoms. The van der Waals surface area contributed by atoms with Crippen molar-refractivity contribution in [3.8, 4) is 17.1 Å². The van der Waals surface area contributed by atoms with Crippen LogP contribution in [0.3, 0.4) is 0 Å². The summed E-state index contributed by atoms with van der Waals surface area (Å²) in [7, 11) is 0. The van der Waals surface area contributed by atoms with Crippen molar-refractivity contribution in [3.63, 3.8) is 0 Å². The van der Waals surface area contributed by atoms with E-state index >= 15 is 0 Å². The highest BCUT2D eigenvalue weighted by atomic mass is 32.2. The van der Waals surface area contributed by atoms with Crippen LogP contribution in [-0.4, -0.2) is 67.8 Å². The van der Waals surface area contributed by atoms with Gasteiger partial charge in [-0.2, -0.15) is 13.2 Å². The van der Waals surface area contributed by atoms with Gasteiger partial charge in [-0.15, -0.1) is 10.2 Å². The van der Waals surface area contributed by atoms with Crippen molar-refractivity contribution in [2.24, 2.45) is 0 Å². The van der Waals surface area contributed by atoms with Crippen molar-refractivity contribution in [1.29, 1.82) is 0 Å². The Balaban J connectivity index is 1.17. The summed E-state index contributed by atoms with van der Waals surface area (Å²) in [6, 6.07) is 22.1. The molecule has 7 nitrogen and oxygen atoms in total. The Morgan fingerprint density at radius 2 is 1.70 bits per heavy atom. The maximum atomic E-state index is 13.1. The number of carbonyl (C=O) groups excluding carboxylic acids is 2. The van der Waals surface area contributed by atoms with Gasteiger partial charge in [0.15, 0.2) is 11.0 Å². The summed E-state index contributed by atoms with van der Waals surface area (Å²) in [5.41, 5.74) is 2.19. The topological polar surface area (TPSA) is 71.3 Å². The highest BCUT2D eigenvalue weighted by Gasteiger charge is 2.33. The molecule has 0 radical (unpaired) electrons. The van der Waals surface area contributed by atoms with E-state index in [1.807, 2.05) is 68.4 Å². The Labute approximate surface area is 252 Å². The second-order valence-electron chi connectivity index (χ2n) is 10.5. The molecule has 4 aromatic rings. The first-order valence-electron chi connectivity index (χ1n) is 14.1. The van der Waals surface area contributed by atoms with Crippen molar-refractivity contribution in [2.75, 3.05) is 25.4 Å². The summed E-state index contributed by atoms with van der Waals surface area (Å²) in [6.45, 7) is 4.79. The van der Waals surface area contributed by atoms with Gasteiger partial charge in [0.2, 0.25) is 5.91 Å². The van der Waals surface area contributed by atoms with Gasteiger partial charge in [-0.05, 0) is 50.1 Å². The van der Waals surface area contributed by atoms with Gasteiger partial charge in [0.1, 0.15) is 0 Å². The number of alkyl halides is 3. The van der Waals surface area contributed by atoms with Gasteiger partial charge in [0.05, 0.1) is 11.3 Å². The molecule has 0 bridgehead atoms. The fourth-order valence-corrected chi connectivity index (χ4v) is 6.08. The van der Waals surface area contributed by atoms with E-state index < -0.39 is 17.6 Å². The fourth-order valence-electron chi connectivity index (χ4n) is 5.19. The number of aromatic nitrogens is 3. The van der Waals surface area contributed by atoms with E-state index in [1.54, 1.807) is 16.7 Å². The lowest BCUT2D eigenvalue weighted by Gasteiger charge is -2.40. The second-order valence-corrected chi connectivity index (χ2v) is 11.6. The Hall–Kier alpha value is -4.12. The number of para-hydroxylation sites is 1. The fraction of sp³-hybridized carbons (Fsp3) is 0.312. The van der Waals surface area contributed by atoms with Crippen LogP contribution in [0.2, 0.25) is 0 Å². The Kier molecular flexibility index (Phi) is 9.19. The second kappa shape index (κ2) is 13.0. The van der Waals surface area contributed by atoms with E-state index in [0.717, 1.165) is 39.9 Å². The minimum atomic E-state index is -4.52. The summed E-state index contributed by atoms with van der Waals surface area (Å²) < 4.78 is 41.4. The number of nitrogens with zero attached hydrogens (tertiary/aromatic N) is 5. The van der Waals surface area contributed by atoms with Crippen molar-refractivity contribution in [1.82, 2.24) is 24.6 Å². The molecule has 0 saturated carbocycles. The van der Waals surface area contributed by atoms with Gasteiger partial charge in [-0.25, -0.2) is 0 Å². The smallest absolute Gasteiger partial charge is 0.339 e. The molecular formula is C32H32F3N5O2S. The van der Waals surface area contributed by atoms with Crippen LogP contribution < -0.4 is 0 Å². The van der Waals surface area contributed by atoms with Crippen LogP contribution in [0.5, 0.6) is 0 Å². The number of thioether (sulfide) groups is 1. The zero-order valence-corrected chi connectivity index (χ0v) is 24.7. The summed E-state index contributed by atoms with van der Waals surface area (Å²) in [6.07, 6.45) is -3.56. The van der Waals surface area contributed by atoms with Gasteiger partial charge in [0, 0.05) is 49.0 Å². The SMILES string of the molecule is Cc1ccccc1-n1c(SCCCC(=O)N2CCN(C(=O)c3cccc(C(F)(F)F)c3)C(C)C2)nnc1-c1ccccc1. The summed E-state index contributed by atoms with van der Waals surface area (Å²) in [4.78, 5) is 29.3. The van der Waals surface area contributed by atoms with E-state index in [4.69, 9.17) is 0 Å². The highest BCUT2D eigenvalue weighted by molar-refractivity contribution is 7.99. The quantitative estimate of drug-likeness (QED) is 0.169. The van der Waals surface area contributed by atoms with E-state index in [9.17, 15) is 22.8 Å². The monoisotopic (exact) mass is 607 g/mol. The van der Waals surface area contributed by atoms with Crippen LogP contribution in [0.4, 0.5) is 13.2 Å². The molecule has 1 fully saturated rings. The molecule has 224 valence electrons. The predicted molar refractivity (Wildman–Crippen MR) is 160 cm³/mol. The third kappa shape index (κ3) is 6.93.